The molecule has 0 amide bonds. The van der Waals surface area contributed by atoms with Crippen molar-refractivity contribution in [3.05, 3.63) is 42.2 Å². The first-order chi connectivity index (χ1) is 9.68. The van der Waals surface area contributed by atoms with Crippen LogP contribution in [-0.4, -0.2) is 39.5 Å². The molecule has 1 aromatic carbocycles. The van der Waals surface area contributed by atoms with E-state index in [4.69, 9.17) is 5.73 Å². The first kappa shape index (κ1) is 13.3. The minimum Gasteiger partial charge on any atom is -0.330 e. The molecule has 1 aromatic heterocycles. The maximum atomic E-state index is 5.85. The van der Waals surface area contributed by atoms with E-state index in [1.165, 1.54) is 0 Å². The topological polar surface area (TPSA) is 60.0 Å². The van der Waals surface area contributed by atoms with Gasteiger partial charge in [0, 0.05) is 13.1 Å². The number of para-hydroxylation sites is 1. The standard InChI is InChI=1S/C15H21N5/c1-15(11-16)7-8-19(12-15)10-13-9-17-20(18-13)14-5-3-2-4-6-14/h2-6,9H,7-8,10-12,16H2,1H3. The summed E-state index contributed by atoms with van der Waals surface area (Å²) in [6.07, 6.45) is 3.02. The SMILES string of the molecule is CC1(CN)CCN(Cc2cnn(-c3ccccc3)n2)C1. The quantitative estimate of drug-likeness (QED) is 0.914. The molecular formula is C15H21N5. The molecule has 3 rings (SSSR count). The van der Waals surface area contributed by atoms with Crippen LogP contribution in [0.2, 0.25) is 0 Å². The van der Waals surface area contributed by atoms with E-state index in [0.717, 1.165) is 44.0 Å². The fourth-order valence-electron chi connectivity index (χ4n) is 2.71. The molecule has 2 aromatic rings. The number of nitrogens with zero attached hydrogens (tertiary/aromatic N) is 4. The summed E-state index contributed by atoms with van der Waals surface area (Å²) < 4.78 is 0. The van der Waals surface area contributed by atoms with Crippen molar-refractivity contribution in [3.63, 3.8) is 0 Å². The van der Waals surface area contributed by atoms with Crippen molar-refractivity contribution >= 4 is 0 Å². The van der Waals surface area contributed by atoms with E-state index in [-0.39, 0.29) is 5.41 Å². The van der Waals surface area contributed by atoms with Gasteiger partial charge < -0.3 is 5.73 Å². The number of hydrogen-bond donors (Lipinski definition) is 1. The molecule has 1 atom stereocenters. The van der Waals surface area contributed by atoms with Gasteiger partial charge in [0.2, 0.25) is 0 Å². The maximum absolute atomic E-state index is 5.85. The van der Waals surface area contributed by atoms with Gasteiger partial charge in [0.05, 0.1) is 17.6 Å². The van der Waals surface area contributed by atoms with E-state index in [9.17, 15) is 0 Å². The number of rotatable bonds is 4. The Labute approximate surface area is 119 Å². The number of hydrogen-bond acceptors (Lipinski definition) is 4. The molecule has 1 fully saturated rings. The van der Waals surface area contributed by atoms with Crippen molar-refractivity contribution in [1.29, 1.82) is 0 Å². The van der Waals surface area contributed by atoms with Gasteiger partial charge in [-0.2, -0.15) is 15.0 Å². The van der Waals surface area contributed by atoms with Gasteiger partial charge in [-0.05, 0) is 37.1 Å². The molecule has 0 bridgehead atoms. The molecule has 0 aliphatic carbocycles. The van der Waals surface area contributed by atoms with E-state index in [1.807, 2.05) is 36.5 Å². The predicted octanol–water partition coefficient (Wildman–Crippen LogP) is 1.44. The van der Waals surface area contributed by atoms with Gasteiger partial charge in [-0.3, -0.25) is 4.90 Å². The molecule has 1 aliphatic heterocycles. The fraction of sp³-hybridized carbons (Fsp3) is 0.467. The van der Waals surface area contributed by atoms with E-state index < -0.39 is 0 Å². The Hall–Kier alpha value is -1.72. The summed E-state index contributed by atoms with van der Waals surface area (Å²) in [6.45, 7) is 5.99. The van der Waals surface area contributed by atoms with Gasteiger partial charge in [0.1, 0.15) is 0 Å². The van der Waals surface area contributed by atoms with Crippen LogP contribution in [0.3, 0.4) is 0 Å². The van der Waals surface area contributed by atoms with E-state index >= 15 is 0 Å². The Bertz CT molecular complexity index is 565. The molecule has 2 heterocycles. The number of likely N-dealkylation sites (tertiary alicyclic amines) is 1. The van der Waals surface area contributed by atoms with Gasteiger partial charge >= 0.3 is 0 Å². The summed E-state index contributed by atoms with van der Waals surface area (Å²) in [5.41, 5.74) is 8.11. The van der Waals surface area contributed by atoms with Crippen LogP contribution < -0.4 is 5.73 Å². The van der Waals surface area contributed by atoms with Gasteiger partial charge in [-0.1, -0.05) is 25.1 Å². The number of nitrogens with two attached hydrogens (primary N) is 1. The average molecular weight is 271 g/mol. The van der Waals surface area contributed by atoms with Crippen molar-refractivity contribution in [2.75, 3.05) is 19.6 Å². The highest BCUT2D eigenvalue weighted by molar-refractivity contribution is 5.28. The van der Waals surface area contributed by atoms with Crippen LogP contribution >= 0.6 is 0 Å². The molecule has 1 aliphatic rings. The number of benzene rings is 1. The molecule has 1 unspecified atom stereocenters. The monoisotopic (exact) mass is 271 g/mol. The Morgan fingerprint density at radius 3 is 2.80 bits per heavy atom. The lowest BCUT2D eigenvalue weighted by molar-refractivity contribution is 0.271. The van der Waals surface area contributed by atoms with Crippen LogP contribution in [-0.2, 0) is 6.54 Å². The van der Waals surface area contributed by atoms with Crippen molar-refractivity contribution in [2.45, 2.75) is 19.9 Å². The second kappa shape index (κ2) is 5.34. The lowest BCUT2D eigenvalue weighted by Gasteiger charge is -2.21. The zero-order chi connectivity index (χ0) is 14.0. The predicted molar refractivity (Wildman–Crippen MR) is 78.4 cm³/mol. The van der Waals surface area contributed by atoms with Crippen molar-refractivity contribution in [3.8, 4) is 5.69 Å². The minimum atomic E-state index is 0.259. The fourth-order valence-corrected chi connectivity index (χ4v) is 2.71. The lowest BCUT2D eigenvalue weighted by atomic mass is 9.90. The smallest absolute Gasteiger partial charge is 0.0971 e. The van der Waals surface area contributed by atoms with Crippen LogP contribution in [0.5, 0.6) is 0 Å². The molecule has 0 saturated carbocycles. The molecule has 5 nitrogen and oxygen atoms in total. The van der Waals surface area contributed by atoms with Gasteiger partial charge in [0.25, 0.3) is 0 Å². The molecule has 0 spiro atoms. The molecule has 1 saturated heterocycles. The van der Waals surface area contributed by atoms with Crippen LogP contribution in [0.15, 0.2) is 36.5 Å². The van der Waals surface area contributed by atoms with Crippen LogP contribution in [0.4, 0.5) is 0 Å². The largest absolute Gasteiger partial charge is 0.330 e. The third-order valence-electron chi connectivity index (χ3n) is 4.04. The Balaban J connectivity index is 1.67. The first-order valence-corrected chi connectivity index (χ1v) is 7.08. The van der Waals surface area contributed by atoms with Crippen molar-refractivity contribution in [1.82, 2.24) is 19.9 Å². The molecule has 5 heteroatoms. The highest BCUT2D eigenvalue weighted by Crippen LogP contribution is 2.29. The highest BCUT2D eigenvalue weighted by Gasteiger charge is 2.32. The first-order valence-electron chi connectivity index (χ1n) is 7.08. The van der Waals surface area contributed by atoms with E-state index in [0.29, 0.717) is 0 Å². The highest BCUT2D eigenvalue weighted by atomic mass is 15.5. The normalized spacial score (nSPS) is 23.3. The molecule has 2 N–H and O–H groups in total. The summed E-state index contributed by atoms with van der Waals surface area (Å²) in [5.74, 6) is 0. The minimum absolute atomic E-state index is 0.259. The van der Waals surface area contributed by atoms with Crippen LogP contribution in [0.1, 0.15) is 19.0 Å². The molecule has 20 heavy (non-hydrogen) atoms. The summed E-state index contributed by atoms with van der Waals surface area (Å²) >= 11 is 0. The lowest BCUT2D eigenvalue weighted by Crippen LogP contribution is -2.31. The third-order valence-corrected chi connectivity index (χ3v) is 4.04. The zero-order valence-electron chi connectivity index (χ0n) is 11.9. The van der Waals surface area contributed by atoms with Crippen molar-refractivity contribution < 1.29 is 0 Å². The number of aromatic nitrogens is 3. The third kappa shape index (κ3) is 2.73. The van der Waals surface area contributed by atoms with Gasteiger partial charge in [-0.15, -0.1) is 0 Å². The summed E-state index contributed by atoms with van der Waals surface area (Å²) in [6, 6.07) is 9.99. The summed E-state index contributed by atoms with van der Waals surface area (Å²) in [4.78, 5) is 4.10. The van der Waals surface area contributed by atoms with E-state index in [2.05, 4.69) is 22.0 Å². The second-order valence-corrected chi connectivity index (χ2v) is 5.94. The average Bonchev–Trinajstić information content (AvgIpc) is 3.08. The molecule has 106 valence electrons. The molecular weight excluding hydrogens is 250 g/mol. The summed E-state index contributed by atoms with van der Waals surface area (Å²) in [7, 11) is 0. The van der Waals surface area contributed by atoms with Crippen molar-refractivity contribution in [2.24, 2.45) is 11.1 Å². The van der Waals surface area contributed by atoms with Gasteiger partial charge in [-0.25, -0.2) is 0 Å². The van der Waals surface area contributed by atoms with Crippen LogP contribution in [0.25, 0.3) is 5.69 Å². The summed E-state index contributed by atoms with van der Waals surface area (Å²) in [5, 5.41) is 8.89. The van der Waals surface area contributed by atoms with E-state index in [1.54, 1.807) is 4.80 Å². The van der Waals surface area contributed by atoms with Gasteiger partial charge in [0.15, 0.2) is 0 Å². The second-order valence-electron chi connectivity index (χ2n) is 5.94. The maximum Gasteiger partial charge on any atom is 0.0971 e. The Morgan fingerprint density at radius 1 is 1.30 bits per heavy atom. The Kier molecular flexibility index (Phi) is 3.54. The van der Waals surface area contributed by atoms with Crippen LogP contribution in [0, 0.1) is 5.41 Å². The molecule has 0 radical (unpaired) electrons. The Morgan fingerprint density at radius 2 is 2.10 bits per heavy atom. The zero-order valence-corrected chi connectivity index (χ0v) is 11.9.